The van der Waals surface area contributed by atoms with Gasteiger partial charge in [-0.25, -0.2) is 4.79 Å². The Balaban J connectivity index is 3.10. The van der Waals surface area contributed by atoms with Gasteiger partial charge in [-0.3, -0.25) is 0 Å². The highest BCUT2D eigenvalue weighted by Crippen LogP contribution is 2.41. The molecule has 23 heavy (non-hydrogen) atoms. The van der Waals surface area contributed by atoms with Crippen LogP contribution in [0.25, 0.3) is 0 Å². The second kappa shape index (κ2) is 6.77. The van der Waals surface area contributed by atoms with Crippen LogP contribution in [0.2, 0.25) is 18.1 Å². The molecule has 0 saturated carbocycles. The van der Waals surface area contributed by atoms with Gasteiger partial charge >= 0.3 is 5.97 Å². The van der Waals surface area contributed by atoms with Crippen LogP contribution in [0.3, 0.4) is 0 Å². The molecule has 0 heterocycles. The van der Waals surface area contributed by atoms with Gasteiger partial charge in [0.25, 0.3) is 0 Å². The minimum atomic E-state index is -1.85. The summed E-state index contributed by atoms with van der Waals surface area (Å²) in [6.45, 7) is 17.8. The molecular weight excluding hydrogens is 304 g/mol. The van der Waals surface area contributed by atoms with Gasteiger partial charge in [-0.15, -0.1) is 0 Å². The van der Waals surface area contributed by atoms with Crippen molar-refractivity contribution in [1.82, 2.24) is 0 Å². The Morgan fingerprint density at radius 1 is 1.13 bits per heavy atom. The number of carboxylic acid groups (broad SMARTS) is 1. The lowest BCUT2D eigenvalue weighted by Gasteiger charge is -2.44. The van der Waals surface area contributed by atoms with Crippen LogP contribution in [0.4, 0.5) is 0 Å². The van der Waals surface area contributed by atoms with E-state index < -0.39 is 14.3 Å². The van der Waals surface area contributed by atoms with E-state index in [2.05, 4.69) is 54.6 Å². The standard InChI is InChI=1S/C19H32O3Si/c1-9-16(22-23(7,8)18(2,3)4)19(5,6)15-12-10-14(11-13-15)17(20)21/h10-13,16H,9H2,1-8H3,(H,20,21). The molecule has 130 valence electrons. The largest absolute Gasteiger partial charge is 0.478 e. The summed E-state index contributed by atoms with van der Waals surface area (Å²) in [5.41, 5.74) is 1.28. The van der Waals surface area contributed by atoms with Gasteiger partial charge in [0.15, 0.2) is 8.32 Å². The molecule has 0 spiro atoms. The number of hydrogen-bond acceptors (Lipinski definition) is 2. The smallest absolute Gasteiger partial charge is 0.335 e. The summed E-state index contributed by atoms with van der Waals surface area (Å²) in [7, 11) is -1.85. The Morgan fingerprint density at radius 3 is 1.96 bits per heavy atom. The van der Waals surface area contributed by atoms with E-state index in [-0.39, 0.29) is 16.6 Å². The van der Waals surface area contributed by atoms with E-state index >= 15 is 0 Å². The Bertz CT molecular complexity index is 539. The van der Waals surface area contributed by atoms with Crippen LogP contribution in [0, 0.1) is 0 Å². The van der Waals surface area contributed by atoms with Crippen LogP contribution < -0.4 is 0 Å². The maximum absolute atomic E-state index is 11.0. The monoisotopic (exact) mass is 336 g/mol. The molecule has 1 N–H and O–H groups in total. The molecule has 0 saturated heterocycles. The highest BCUT2D eigenvalue weighted by molar-refractivity contribution is 6.74. The lowest BCUT2D eigenvalue weighted by Crippen LogP contribution is -2.49. The zero-order valence-electron chi connectivity index (χ0n) is 15.9. The minimum absolute atomic E-state index is 0.110. The fraction of sp³-hybridized carbons (Fsp3) is 0.632. The highest BCUT2D eigenvalue weighted by atomic mass is 28.4. The molecular formula is C19H32O3Si. The van der Waals surface area contributed by atoms with Gasteiger partial charge in [0.05, 0.1) is 11.7 Å². The summed E-state index contributed by atoms with van der Waals surface area (Å²) >= 11 is 0. The van der Waals surface area contributed by atoms with Crippen molar-refractivity contribution < 1.29 is 14.3 Å². The third kappa shape index (κ3) is 4.45. The van der Waals surface area contributed by atoms with Gasteiger partial charge in [0.1, 0.15) is 0 Å². The van der Waals surface area contributed by atoms with Gasteiger partial charge in [0.2, 0.25) is 0 Å². The molecule has 4 heteroatoms. The van der Waals surface area contributed by atoms with E-state index in [1.54, 1.807) is 12.1 Å². The second-order valence-corrected chi connectivity index (χ2v) is 13.1. The van der Waals surface area contributed by atoms with Gasteiger partial charge in [-0.1, -0.05) is 53.7 Å². The van der Waals surface area contributed by atoms with Crippen LogP contribution in [-0.2, 0) is 9.84 Å². The minimum Gasteiger partial charge on any atom is -0.478 e. The summed E-state index contributed by atoms with van der Waals surface area (Å²) < 4.78 is 6.67. The SMILES string of the molecule is CCC(O[Si](C)(C)C(C)(C)C)C(C)(C)c1ccc(C(=O)O)cc1. The molecule has 0 radical (unpaired) electrons. The number of rotatable bonds is 6. The van der Waals surface area contributed by atoms with Crippen molar-refractivity contribution >= 4 is 14.3 Å². The Morgan fingerprint density at radius 2 is 1.61 bits per heavy atom. The third-order valence-electron chi connectivity index (χ3n) is 5.29. The molecule has 1 atom stereocenters. The normalized spacial score (nSPS) is 14.6. The lowest BCUT2D eigenvalue weighted by atomic mass is 9.78. The average molecular weight is 337 g/mol. The molecule has 0 aliphatic heterocycles. The predicted octanol–water partition coefficient (Wildman–Crippen LogP) is 5.46. The highest BCUT2D eigenvalue weighted by Gasteiger charge is 2.42. The number of hydrogen-bond donors (Lipinski definition) is 1. The molecule has 1 aromatic carbocycles. The zero-order valence-corrected chi connectivity index (χ0v) is 16.9. The van der Waals surface area contributed by atoms with Crippen molar-refractivity contribution in [2.75, 3.05) is 0 Å². The van der Waals surface area contributed by atoms with Crippen molar-refractivity contribution in [2.24, 2.45) is 0 Å². The molecule has 0 aliphatic carbocycles. The summed E-state index contributed by atoms with van der Waals surface area (Å²) in [4.78, 5) is 11.0. The molecule has 1 aromatic rings. The van der Waals surface area contributed by atoms with Crippen LogP contribution in [0.1, 0.15) is 63.9 Å². The van der Waals surface area contributed by atoms with Crippen molar-refractivity contribution in [2.45, 2.75) is 77.6 Å². The number of aromatic carboxylic acids is 1. The third-order valence-corrected chi connectivity index (χ3v) is 9.78. The molecule has 0 aliphatic rings. The van der Waals surface area contributed by atoms with Crippen molar-refractivity contribution in [3.63, 3.8) is 0 Å². The first-order valence-corrected chi connectivity index (χ1v) is 11.3. The van der Waals surface area contributed by atoms with Crippen LogP contribution in [0.5, 0.6) is 0 Å². The quantitative estimate of drug-likeness (QED) is 0.701. The lowest BCUT2D eigenvalue weighted by molar-refractivity contribution is 0.0696. The van der Waals surface area contributed by atoms with Gasteiger partial charge in [-0.05, 0) is 42.2 Å². The van der Waals surface area contributed by atoms with Gasteiger partial charge < -0.3 is 9.53 Å². The summed E-state index contributed by atoms with van der Waals surface area (Å²) in [6, 6.07) is 7.19. The maximum atomic E-state index is 11.0. The first-order chi connectivity index (χ1) is 10.3. The van der Waals surface area contributed by atoms with Crippen LogP contribution >= 0.6 is 0 Å². The molecule has 0 fully saturated rings. The Labute approximate surface area is 142 Å². The molecule has 0 amide bonds. The van der Waals surface area contributed by atoms with Gasteiger partial charge in [-0.2, -0.15) is 0 Å². The molecule has 0 bridgehead atoms. The Hall–Kier alpha value is -1.13. The van der Waals surface area contributed by atoms with Crippen molar-refractivity contribution in [3.8, 4) is 0 Å². The van der Waals surface area contributed by atoms with E-state index in [0.717, 1.165) is 12.0 Å². The maximum Gasteiger partial charge on any atom is 0.335 e. The zero-order chi connectivity index (χ0) is 18.1. The number of carboxylic acids is 1. The first-order valence-electron chi connectivity index (χ1n) is 8.34. The molecule has 3 nitrogen and oxygen atoms in total. The molecule has 0 aromatic heterocycles. The Kier molecular flexibility index (Phi) is 5.87. The van der Waals surface area contributed by atoms with E-state index in [9.17, 15) is 4.79 Å². The fourth-order valence-electron chi connectivity index (χ4n) is 2.50. The second-order valence-electron chi connectivity index (χ2n) is 8.38. The number of benzene rings is 1. The topological polar surface area (TPSA) is 46.5 Å². The van der Waals surface area contributed by atoms with Crippen molar-refractivity contribution in [1.29, 1.82) is 0 Å². The van der Waals surface area contributed by atoms with Gasteiger partial charge in [0, 0.05) is 5.41 Å². The van der Waals surface area contributed by atoms with E-state index in [4.69, 9.17) is 9.53 Å². The fourth-order valence-corrected chi connectivity index (χ4v) is 4.03. The molecule has 1 unspecified atom stereocenters. The average Bonchev–Trinajstić information content (AvgIpc) is 2.43. The summed E-state index contributed by atoms with van der Waals surface area (Å²) in [5.74, 6) is -0.890. The predicted molar refractivity (Wildman–Crippen MR) is 98.8 cm³/mol. The van der Waals surface area contributed by atoms with E-state index in [1.807, 2.05) is 12.1 Å². The summed E-state index contributed by atoms with van der Waals surface area (Å²) in [6.07, 6.45) is 1.04. The van der Waals surface area contributed by atoms with Crippen LogP contribution in [-0.4, -0.2) is 25.5 Å². The van der Waals surface area contributed by atoms with E-state index in [0.29, 0.717) is 5.56 Å². The summed E-state index contributed by atoms with van der Waals surface area (Å²) in [5, 5.41) is 9.23. The van der Waals surface area contributed by atoms with Crippen LogP contribution in [0.15, 0.2) is 24.3 Å². The molecule has 1 rings (SSSR count). The first kappa shape index (κ1) is 19.9. The van der Waals surface area contributed by atoms with Crippen molar-refractivity contribution in [3.05, 3.63) is 35.4 Å². The number of carbonyl (C=O) groups is 1. The van der Waals surface area contributed by atoms with E-state index in [1.165, 1.54) is 0 Å².